The summed E-state index contributed by atoms with van der Waals surface area (Å²) in [6.07, 6.45) is 3.86. The van der Waals surface area contributed by atoms with Crippen molar-refractivity contribution in [2.24, 2.45) is 11.3 Å². The first kappa shape index (κ1) is 5.72. The molecule has 3 saturated carbocycles. The van der Waals surface area contributed by atoms with Gasteiger partial charge < -0.3 is 5.11 Å². The number of rotatable bonds is 1. The Morgan fingerprint density at radius 3 is 1.78 bits per heavy atom. The van der Waals surface area contributed by atoms with Crippen molar-refractivity contribution >= 4 is 0 Å². The van der Waals surface area contributed by atoms with Crippen LogP contribution in [0.25, 0.3) is 0 Å². The Kier molecular flexibility index (Phi) is 0.760. The highest BCUT2D eigenvalue weighted by Gasteiger charge is 2.63. The van der Waals surface area contributed by atoms with E-state index in [1.54, 1.807) is 0 Å². The van der Waals surface area contributed by atoms with E-state index in [0.29, 0.717) is 5.41 Å². The molecule has 0 aromatic heterocycles. The first-order chi connectivity index (χ1) is 4.04. The van der Waals surface area contributed by atoms with Gasteiger partial charge in [0.25, 0.3) is 0 Å². The fourth-order valence-corrected chi connectivity index (χ4v) is 2.23. The molecule has 0 radical (unpaired) electrons. The Bertz CT molecular complexity index is 126. The molecule has 0 saturated heterocycles. The van der Waals surface area contributed by atoms with Crippen molar-refractivity contribution in [2.45, 2.75) is 38.7 Å². The van der Waals surface area contributed by atoms with E-state index >= 15 is 0 Å². The molecular weight excluding hydrogens is 112 g/mol. The molecule has 3 rings (SSSR count). The van der Waals surface area contributed by atoms with Crippen molar-refractivity contribution < 1.29 is 5.11 Å². The van der Waals surface area contributed by atoms with Crippen LogP contribution in [0.15, 0.2) is 0 Å². The maximum Gasteiger partial charge on any atom is 0.0648 e. The molecule has 3 fully saturated rings. The third-order valence-corrected chi connectivity index (χ3v) is 3.34. The van der Waals surface area contributed by atoms with Crippen LogP contribution in [0, 0.1) is 11.3 Å². The Hall–Kier alpha value is -0.0400. The quantitative estimate of drug-likeness (QED) is 0.565. The van der Waals surface area contributed by atoms with E-state index in [1.165, 1.54) is 19.3 Å². The molecular formula is C8H14O. The Morgan fingerprint density at radius 1 is 1.33 bits per heavy atom. The molecule has 2 bridgehead atoms. The van der Waals surface area contributed by atoms with Crippen LogP contribution >= 0.6 is 0 Å². The van der Waals surface area contributed by atoms with E-state index in [1.807, 2.05) is 13.8 Å². The minimum atomic E-state index is -0.401. The molecule has 1 nitrogen and oxygen atoms in total. The molecule has 3 aliphatic rings. The lowest BCUT2D eigenvalue weighted by molar-refractivity contribution is -0.225. The minimum Gasteiger partial charge on any atom is -0.390 e. The molecule has 0 amide bonds. The highest BCUT2D eigenvalue weighted by Crippen LogP contribution is 2.69. The van der Waals surface area contributed by atoms with Gasteiger partial charge in [-0.3, -0.25) is 0 Å². The third-order valence-electron chi connectivity index (χ3n) is 3.34. The summed E-state index contributed by atoms with van der Waals surface area (Å²) in [5, 5.41) is 9.63. The maximum absolute atomic E-state index is 9.63. The summed E-state index contributed by atoms with van der Waals surface area (Å²) in [5.74, 6) is 0.983. The lowest BCUT2D eigenvalue weighted by Crippen LogP contribution is -2.63. The number of aliphatic hydroxyl groups is 1. The molecule has 52 valence electrons. The minimum absolute atomic E-state index is 0.359. The topological polar surface area (TPSA) is 20.2 Å². The van der Waals surface area contributed by atoms with E-state index in [4.69, 9.17) is 0 Å². The van der Waals surface area contributed by atoms with Gasteiger partial charge in [-0.05, 0) is 44.4 Å². The predicted molar refractivity (Wildman–Crippen MR) is 36.1 cm³/mol. The van der Waals surface area contributed by atoms with E-state index in [2.05, 4.69) is 0 Å². The zero-order valence-corrected chi connectivity index (χ0v) is 6.15. The van der Waals surface area contributed by atoms with Crippen molar-refractivity contribution in [3.63, 3.8) is 0 Å². The van der Waals surface area contributed by atoms with Crippen LogP contribution in [-0.4, -0.2) is 10.7 Å². The van der Waals surface area contributed by atoms with E-state index in [-0.39, 0.29) is 0 Å². The fraction of sp³-hybridized carbons (Fsp3) is 1.00. The standard InChI is InChI=1S/C8H14O/c1-7(2,9)8-3-6(4-8)5-8/h6,9H,3-5H2,1-2H3. The highest BCUT2D eigenvalue weighted by molar-refractivity contribution is 5.13. The summed E-state index contributed by atoms with van der Waals surface area (Å²) in [6.45, 7) is 3.89. The van der Waals surface area contributed by atoms with Gasteiger partial charge in [0.1, 0.15) is 0 Å². The van der Waals surface area contributed by atoms with Crippen LogP contribution in [0.1, 0.15) is 33.1 Å². The summed E-state index contributed by atoms with van der Waals surface area (Å²) in [7, 11) is 0. The normalized spacial score (nSPS) is 47.7. The summed E-state index contributed by atoms with van der Waals surface area (Å²) < 4.78 is 0. The molecule has 0 unspecified atom stereocenters. The van der Waals surface area contributed by atoms with Crippen LogP contribution < -0.4 is 0 Å². The molecule has 9 heavy (non-hydrogen) atoms. The zero-order chi connectivity index (χ0) is 6.70. The van der Waals surface area contributed by atoms with Crippen molar-refractivity contribution in [2.75, 3.05) is 0 Å². The molecule has 0 aromatic rings. The van der Waals surface area contributed by atoms with Crippen LogP contribution in [0.4, 0.5) is 0 Å². The smallest absolute Gasteiger partial charge is 0.0648 e. The highest BCUT2D eigenvalue weighted by atomic mass is 16.3. The van der Waals surface area contributed by atoms with Crippen molar-refractivity contribution in [1.29, 1.82) is 0 Å². The number of hydrogen-bond donors (Lipinski definition) is 1. The SMILES string of the molecule is CC(C)(O)C12CC(C1)C2. The predicted octanol–water partition coefficient (Wildman–Crippen LogP) is 1.56. The van der Waals surface area contributed by atoms with Crippen molar-refractivity contribution in [1.82, 2.24) is 0 Å². The van der Waals surface area contributed by atoms with Gasteiger partial charge in [0.2, 0.25) is 0 Å². The zero-order valence-electron chi connectivity index (χ0n) is 6.15. The Balaban J connectivity index is 2.13. The molecule has 0 spiro atoms. The van der Waals surface area contributed by atoms with Crippen molar-refractivity contribution in [3.8, 4) is 0 Å². The Labute approximate surface area is 56.1 Å². The van der Waals surface area contributed by atoms with Gasteiger partial charge in [0.05, 0.1) is 5.60 Å². The average molecular weight is 126 g/mol. The molecule has 0 aromatic carbocycles. The van der Waals surface area contributed by atoms with Crippen LogP contribution in [0.3, 0.4) is 0 Å². The van der Waals surface area contributed by atoms with Gasteiger partial charge in [0.15, 0.2) is 0 Å². The van der Waals surface area contributed by atoms with Crippen LogP contribution in [-0.2, 0) is 0 Å². The largest absolute Gasteiger partial charge is 0.390 e. The molecule has 1 heteroatoms. The Morgan fingerprint density at radius 2 is 1.78 bits per heavy atom. The molecule has 1 N–H and O–H groups in total. The molecule has 0 aliphatic heterocycles. The van der Waals surface area contributed by atoms with Gasteiger partial charge in [0, 0.05) is 0 Å². The maximum atomic E-state index is 9.63. The van der Waals surface area contributed by atoms with Gasteiger partial charge in [-0.2, -0.15) is 0 Å². The van der Waals surface area contributed by atoms with Gasteiger partial charge in [-0.1, -0.05) is 0 Å². The summed E-state index contributed by atoms with van der Waals surface area (Å²) >= 11 is 0. The van der Waals surface area contributed by atoms with Crippen LogP contribution in [0.2, 0.25) is 0 Å². The second-order valence-corrected chi connectivity index (χ2v) is 4.32. The van der Waals surface area contributed by atoms with Gasteiger partial charge >= 0.3 is 0 Å². The number of hydrogen-bond acceptors (Lipinski definition) is 1. The van der Waals surface area contributed by atoms with Crippen molar-refractivity contribution in [3.05, 3.63) is 0 Å². The molecule has 0 atom stereocenters. The second kappa shape index (κ2) is 1.20. The monoisotopic (exact) mass is 126 g/mol. The lowest BCUT2D eigenvalue weighted by atomic mass is 9.39. The van der Waals surface area contributed by atoms with Gasteiger partial charge in [-0.25, -0.2) is 0 Å². The molecule has 3 aliphatic carbocycles. The fourth-order valence-electron chi connectivity index (χ4n) is 2.23. The summed E-state index contributed by atoms with van der Waals surface area (Å²) in [5.41, 5.74) is -0.0422. The first-order valence-corrected chi connectivity index (χ1v) is 3.76. The van der Waals surface area contributed by atoms with E-state index in [0.717, 1.165) is 5.92 Å². The summed E-state index contributed by atoms with van der Waals surface area (Å²) in [4.78, 5) is 0. The third kappa shape index (κ3) is 0.493. The summed E-state index contributed by atoms with van der Waals surface area (Å²) in [6, 6.07) is 0. The van der Waals surface area contributed by atoms with Crippen LogP contribution in [0.5, 0.6) is 0 Å². The van der Waals surface area contributed by atoms with E-state index < -0.39 is 5.60 Å². The van der Waals surface area contributed by atoms with E-state index in [9.17, 15) is 5.11 Å². The first-order valence-electron chi connectivity index (χ1n) is 3.76. The average Bonchev–Trinajstić information content (AvgIpc) is 1.08. The second-order valence-electron chi connectivity index (χ2n) is 4.32. The molecule has 0 heterocycles. The lowest BCUT2D eigenvalue weighted by Gasteiger charge is -2.67. The van der Waals surface area contributed by atoms with Gasteiger partial charge in [-0.15, -0.1) is 0 Å².